The monoisotopic (exact) mass is 185 g/mol. The van der Waals surface area contributed by atoms with E-state index in [0.29, 0.717) is 5.41 Å². The molecule has 0 amide bonds. The second-order valence-corrected chi connectivity index (χ2v) is 5.14. The van der Waals surface area contributed by atoms with Crippen LogP contribution in [0.5, 0.6) is 0 Å². The van der Waals surface area contributed by atoms with Crippen molar-refractivity contribution >= 4 is 12.6 Å². The van der Waals surface area contributed by atoms with Crippen molar-refractivity contribution in [3.05, 3.63) is 0 Å². The first-order valence-electron chi connectivity index (χ1n) is 5.03. The summed E-state index contributed by atoms with van der Waals surface area (Å²) < 4.78 is 0. The zero-order valence-electron chi connectivity index (χ0n) is 7.92. The molecule has 2 aliphatic rings. The molecule has 12 heavy (non-hydrogen) atoms. The molecule has 2 heteroatoms. The Kier molecular flexibility index (Phi) is 2.39. The maximum Gasteiger partial charge on any atom is 0.00355 e. The first-order chi connectivity index (χ1) is 5.74. The molecule has 2 fully saturated rings. The lowest BCUT2D eigenvalue weighted by Crippen LogP contribution is -2.22. The van der Waals surface area contributed by atoms with Crippen LogP contribution >= 0.6 is 12.6 Å². The van der Waals surface area contributed by atoms with Crippen molar-refractivity contribution in [2.24, 2.45) is 11.3 Å². The summed E-state index contributed by atoms with van der Waals surface area (Å²) >= 11 is 4.40. The van der Waals surface area contributed by atoms with Crippen LogP contribution in [0.1, 0.15) is 25.7 Å². The van der Waals surface area contributed by atoms with Crippen LogP contribution in [0.4, 0.5) is 0 Å². The predicted molar refractivity (Wildman–Crippen MR) is 55.7 cm³/mol. The van der Waals surface area contributed by atoms with Crippen molar-refractivity contribution in [1.29, 1.82) is 0 Å². The number of rotatable bonds is 1. The smallest absolute Gasteiger partial charge is 0.00355 e. The first-order valence-corrected chi connectivity index (χ1v) is 5.67. The summed E-state index contributed by atoms with van der Waals surface area (Å²) in [6, 6.07) is 0. The predicted octanol–water partition coefficient (Wildman–Crippen LogP) is 2.04. The number of likely N-dealkylation sites (tertiary alicyclic amines) is 1. The molecule has 0 aromatic heterocycles. The minimum Gasteiger partial charge on any atom is -0.306 e. The molecular weight excluding hydrogens is 166 g/mol. The highest BCUT2D eigenvalue weighted by atomic mass is 32.1. The highest BCUT2D eigenvalue weighted by Crippen LogP contribution is 2.47. The lowest BCUT2D eigenvalue weighted by Gasteiger charge is -2.22. The van der Waals surface area contributed by atoms with Crippen molar-refractivity contribution in [3.8, 4) is 0 Å². The van der Waals surface area contributed by atoms with Crippen molar-refractivity contribution < 1.29 is 0 Å². The highest BCUT2D eigenvalue weighted by Gasteiger charge is 2.42. The standard InChI is InChI=1S/C10H19NS/c1-11-5-4-10(8-11)3-2-9(6-10)7-12/h9,12H,2-8H2,1H3/t9-,10+/m0/s1. The molecular formula is C10H19NS. The minimum absolute atomic E-state index is 0.710. The Hall–Kier alpha value is 0.310. The highest BCUT2D eigenvalue weighted by molar-refractivity contribution is 7.80. The average molecular weight is 185 g/mol. The fourth-order valence-corrected chi connectivity index (χ4v) is 3.32. The summed E-state index contributed by atoms with van der Waals surface area (Å²) in [5, 5.41) is 0. The molecule has 0 aromatic carbocycles. The van der Waals surface area contributed by atoms with Crippen LogP contribution in [0, 0.1) is 11.3 Å². The van der Waals surface area contributed by atoms with E-state index in [1.807, 2.05) is 0 Å². The van der Waals surface area contributed by atoms with Crippen LogP contribution in [-0.2, 0) is 0 Å². The van der Waals surface area contributed by atoms with Gasteiger partial charge >= 0.3 is 0 Å². The van der Waals surface area contributed by atoms with Crippen molar-refractivity contribution in [3.63, 3.8) is 0 Å². The molecule has 1 aliphatic heterocycles. The Bertz CT molecular complexity index is 171. The van der Waals surface area contributed by atoms with Crippen molar-refractivity contribution in [2.75, 3.05) is 25.9 Å². The van der Waals surface area contributed by atoms with Gasteiger partial charge in [0.25, 0.3) is 0 Å². The molecule has 70 valence electrons. The molecule has 0 bridgehead atoms. The molecule has 1 saturated heterocycles. The number of hydrogen-bond acceptors (Lipinski definition) is 2. The molecule has 1 nitrogen and oxygen atoms in total. The molecule has 0 N–H and O–H groups in total. The molecule has 1 spiro atoms. The van der Waals surface area contributed by atoms with Crippen LogP contribution in [-0.4, -0.2) is 30.8 Å². The van der Waals surface area contributed by atoms with Gasteiger partial charge in [-0.15, -0.1) is 0 Å². The topological polar surface area (TPSA) is 3.24 Å². The van der Waals surface area contributed by atoms with Crippen LogP contribution < -0.4 is 0 Å². The fraction of sp³-hybridized carbons (Fsp3) is 1.00. The summed E-state index contributed by atoms with van der Waals surface area (Å²) in [5.74, 6) is 2.02. The Balaban J connectivity index is 1.97. The fourth-order valence-electron chi connectivity index (χ4n) is 3.01. The Morgan fingerprint density at radius 2 is 2.33 bits per heavy atom. The van der Waals surface area contributed by atoms with Crippen LogP contribution in [0.15, 0.2) is 0 Å². The van der Waals surface area contributed by atoms with Gasteiger partial charge in [0.2, 0.25) is 0 Å². The maximum absolute atomic E-state index is 4.40. The van der Waals surface area contributed by atoms with Crippen LogP contribution in [0.2, 0.25) is 0 Å². The van der Waals surface area contributed by atoms with E-state index >= 15 is 0 Å². The SMILES string of the molecule is CN1CC[C@@]2(CC[C@H](CS)C2)C1. The third-order valence-electron chi connectivity index (χ3n) is 3.69. The van der Waals surface area contributed by atoms with Gasteiger partial charge in [-0.1, -0.05) is 0 Å². The molecule has 2 rings (SSSR count). The van der Waals surface area contributed by atoms with E-state index in [-0.39, 0.29) is 0 Å². The van der Waals surface area contributed by atoms with Gasteiger partial charge in [0, 0.05) is 6.54 Å². The van der Waals surface area contributed by atoms with Gasteiger partial charge in [0.1, 0.15) is 0 Å². The third-order valence-corrected chi connectivity index (χ3v) is 4.21. The minimum atomic E-state index is 0.710. The molecule has 1 aliphatic carbocycles. The maximum atomic E-state index is 4.40. The first kappa shape index (κ1) is 8.89. The average Bonchev–Trinajstić information content (AvgIpc) is 2.61. The largest absolute Gasteiger partial charge is 0.306 e. The number of thiol groups is 1. The van der Waals surface area contributed by atoms with Gasteiger partial charge in [-0.05, 0) is 56.4 Å². The lowest BCUT2D eigenvalue weighted by atomic mass is 9.85. The summed E-state index contributed by atoms with van der Waals surface area (Å²) in [6.45, 7) is 2.66. The summed E-state index contributed by atoms with van der Waals surface area (Å²) in [4.78, 5) is 2.49. The third kappa shape index (κ3) is 1.51. The van der Waals surface area contributed by atoms with Gasteiger partial charge in [0.05, 0.1) is 0 Å². The van der Waals surface area contributed by atoms with E-state index in [2.05, 4.69) is 24.6 Å². The molecule has 0 radical (unpaired) electrons. The molecule has 2 atom stereocenters. The van der Waals surface area contributed by atoms with E-state index < -0.39 is 0 Å². The molecule has 0 unspecified atom stereocenters. The van der Waals surface area contributed by atoms with E-state index in [4.69, 9.17) is 0 Å². The summed E-state index contributed by atoms with van der Waals surface area (Å²) in [5.41, 5.74) is 0.710. The Morgan fingerprint density at radius 3 is 2.83 bits per heavy atom. The van der Waals surface area contributed by atoms with E-state index in [0.717, 1.165) is 11.7 Å². The Morgan fingerprint density at radius 1 is 1.50 bits per heavy atom. The van der Waals surface area contributed by atoms with Gasteiger partial charge in [-0.2, -0.15) is 12.6 Å². The van der Waals surface area contributed by atoms with E-state index in [1.54, 1.807) is 0 Å². The van der Waals surface area contributed by atoms with Crippen LogP contribution in [0.25, 0.3) is 0 Å². The molecule has 0 aromatic rings. The Labute approximate surface area is 80.9 Å². The van der Waals surface area contributed by atoms with Gasteiger partial charge in [-0.3, -0.25) is 0 Å². The van der Waals surface area contributed by atoms with E-state index in [1.165, 1.54) is 38.8 Å². The molecule has 1 saturated carbocycles. The summed E-state index contributed by atoms with van der Waals surface area (Å²) in [6.07, 6.45) is 5.77. The van der Waals surface area contributed by atoms with E-state index in [9.17, 15) is 0 Å². The van der Waals surface area contributed by atoms with Gasteiger partial charge in [-0.25, -0.2) is 0 Å². The zero-order valence-corrected chi connectivity index (χ0v) is 8.82. The zero-order chi connectivity index (χ0) is 8.60. The molecule has 1 heterocycles. The van der Waals surface area contributed by atoms with Crippen molar-refractivity contribution in [1.82, 2.24) is 4.90 Å². The second kappa shape index (κ2) is 3.22. The quantitative estimate of drug-likeness (QED) is 0.612. The van der Waals surface area contributed by atoms with Gasteiger partial charge < -0.3 is 4.90 Å². The normalized spacial score (nSPS) is 43.0. The number of nitrogens with zero attached hydrogens (tertiary/aromatic N) is 1. The van der Waals surface area contributed by atoms with Gasteiger partial charge in [0.15, 0.2) is 0 Å². The number of hydrogen-bond donors (Lipinski definition) is 1. The summed E-state index contributed by atoms with van der Waals surface area (Å²) in [7, 11) is 2.25. The van der Waals surface area contributed by atoms with Crippen molar-refractivity contribution in [2.45, 2.75) is 25.7 Å². The lowest BCUT2D eigenvalue weighted by molar-refractivity contribution is 0.282. The van der Waals surface area contributed by atoms with Crippen LogP contribution in [0.3, 0.4) is 0 Å². The second-order valence-electron chi connectivity index (χ2n) is 4.78.